The molecular formula is C11H18O4S3. The lowest BCUT2D eigenvalue weighted by atomic mass is 10.2. The van der Waals surface area contributed by atoms with Crippen LogP contribution in [-0.4, -0.2) is 39.6 Å². The molecule has 0 spiro atoms. The summed E-state index contributed by atoms with van der Waals surface area (Å²) in [5.74, 6) is 0.214. The third-order valence-corrected chi connectivity index (χ3v) is 7.60. The molecule has 0 aromatic carbocycles. The zero-order valence-corrected chi connectivity index (χ0v) is 12.7. The quantitative estimate of drug-likeness (QED) is 0.575. The first-order valence-electron chi connectivity index (χ1n) is 5.75. The summed E-state index contributed by atoms with van der Waals surface area (Å²) < 4.78 is 30.7. The van der Waals surface area contributed by atoms with E-state index < -0.39 is 14.2 Å². The summed E-state index contributed by atoms with van der Waals surface area (Å²) in [6.07, 6.45) is 3.79. The summed E-state index contributed by atoms with van der Waals surface area (Å²) in [5.41, 5.74) is 0. The maximum absolute atomic E-state index is 11.6. The normalized spacial score (nSPS) is 28.2. The highest BCUT2D eigenvalue weighted by Crippen LogP contribution is 2.52. The molecule has 1 fully saturated rings. The highest BCUT2D eigenvalue weighted by atomic mass is 32.2. The van der Waals surface area contributed by atoms with E-state index in [4.69, 9.17) is 4.55 Å². The number of rotatable bonds is 7. The first-order chi connectivity index (χ1) is 8.32. The minimum Gasteiger partial charge on any atom is -0.294 e. The zero-order chi connectivity index (χ0) is 13.8. The number of hydrogen-bond acceptors (Lipinski definition) is 5. The van der Waals surface area contributed by atoms with E-state index in [2.05, 4.69) is 6.58 Å². The fraction of sp³-hybridized carbons (Fsp3) is 0.727. The molecule has 1 N–H and O–H groups in total. The second-order valence-electron chi connectivity index (χ2n) is 4.26. The van der Waals surface area contributed by atoms with Crippen molar-refractivity contribution < 1.29 is 17.8 Å². The molecule has 1 saturated heterocycles. The molecule has 0 radical (unpaired) electrons. The fourth-order valence-corrected chi connectivity index (χ4v) is 7.23. The minimum atomic E-state index is -4.03. The SMILES string of the molecule is C=CC(=O)C1CSC(CCCC)(CS(=O)(=O)O)S1. The van der Waals surface area contributed by atoms with Crippen LogP contribution in [-0.2, 0) is 14.9 Å². The minimum absolute atomic E-state index is 0.0683. The van der Waals surface area contributed by atoms with Gasteiger partial charge in [-0.3, -0.25) is 9.35 Å². The predicted molar refractivity (Wildman–Crippen MR) is 77.7 cm³/mol. The van der Waals surface area contributed by atoms with Crippen molar-refractivity contribution in [1.29, 1.82) is 0 Å². The molecule has 0 saturated carbocycles. The Morgan fingerprint density at radius 2 is 2.28 bits per heavy atom. The van der Waals surface area contributed by atoms with E-state index in [1.54, 1.807) is 0 Å². The van der Waals surface area contributed by atoms with Crippen LogP contribution in [0.3, 0.4) is 0 Å². The Bertz CT molecular complexity index is 418. The number of allylic oxidation sites excluding steroid dienone is 1. The van der Waals surface area contributed by atoms with Crippen molar-refractivity contribution in [1.82, 2.24) is 0 Å². The van der Waals surface area contributed by atoms with Gasteiger partial charge in [0.15, 0.2) is 5.78 Å². The van der Waals surface area contributed by atoms with Gasteiger partial charge in [-0.1, -0.05) is 26.3 Å². The van der Waals surface area contributed by atoms with E-state index >= 15 is 0 Å². The van der Waals surface area contributed by atoms with E-state index in [9.17, 15) is 13.2 Å². The second-order valence-corrected chi connectivity index (χ2v) is 8.97. The third-order valence-electron chi connectivity index (χ3n) is 2.69. The Hall–Kier alpha value is 0.0200. The predicted octanol–water partition coefficient (Wildman–Crippen LogP) is 2.36. The topological polar surface area (TPSA) is 71.4 Å². The Morgan fingerprint density at radius 3 is 2.78 bits per heavy atom. The molecule has 0 bridgehead atoms. The van der Waals surface area contributed by atoms with Crippen LogP contribution >= 0.6 is 23.5 Å². The molecule has 1 aliphatic heterocycles. The van der Waals surface area contributed by atoms with Gasteiger partial charge >= 0.3 is 0 Å². The van der Waals surface area contributed by atoms with Gasteiger partial charge in [0.25, 0.3) is 10.1 Å². The lowest BCUT2D eigenvalue weighted by Crippen LogP contribution is -2.29. The van der Waals surface area contributed by atoms with Gasteiger partial charge in [-0.2, -0.15) is 8.42 Å². The smallest absolute Gasteiger partial charge is 0.267 e. The van der Waals surface area contributed by atoms with Gasteiger partial charge in [0.1, 0.15) is 0 Å². The summed E-state index contributed by atoms with van der Waals surface area (Å²) in [7, 11) is -4.03. The molecule has 4 nitrogen and oxygen atoms in total. The largest absolute Gasteiger partial charge is 0.294 e. The number of carbonyl (C=O) groups is 1. The maximum atomic E-state index is 11.6. The molecule has 0 aliphatic carbocycles. The molecular weight excluding hydrogens is 292 g/mol. The van der Waals surface area contributed by atoms with Gasteiger partial charge in [0, 0.05) is 5.75 Å². The number of ketones is 1. The summed E-state index contributed by atoms with van der Waals surface area (Å²) in [6.45, 7) is 5.48. The molecule has 18 heavy (non-hydrogen) atoms. The Kier molecular flexibility index (Phi) is 5.76. The van der Waals surface area contributed by atoms with Gasteiger partial charge in [0.05, 0.1) is 15.1 Å². The first-order valence-corrected chi connectivity index (χ1v) is 9.22. The van der Waals surface area contributed by atoms with E-state index in [0.717, 1.165) is 12.8 Å². The van der Waals surface area contributed by atoms with Gasteiger partial charge < -0.3 is 0 Å². The van der Waals surface area contributed by atoms with Gasteiger partial charge in [0.2, 0.25) is 0 Å². The van der Waals surface area contributed by atoms with E-state index in [0.29, 0.717) is 12.2 Å². The summed E-state index contributed by atoms with van der Waals surface area (Å²) in [4.78, 5) is 11.6. The van der Waals surface area contributed by atoms with Crippen molar-refractivity contribution in [3.63, 3.8) is 0 Å². The average Bonchev–Trinajstić information content (AvgIpc) is 2.67. The van der Waals surface area contributed by atoms with Gasteiger partial charge in [-0.15, -0.1) is 23.5 Å². The second kappa shape index (κ2) is 6.45. The van der Waals surface area contributed by atoms with Crippen molar-refractivity contribution in [3.8, 4) is 0 Å². The number of carbonyl (C=O) groups excluding carboxylic acids is 1. The highest BCUT2D eigenvalue weighted by molar-refractivity contribution is 8.22. The summed E-state index contributed by atoms with van der Waals surface area (Å²) in [6, 6.07) is 0. The molecule has 7 heteroatoms. The van der Waals surface area contributed by atoms with Crippen molar-refractivity contribution in [3.05, 3.63) is 12.7 Å². The van der Waals surface area contributed by atoms with Crippen molar-refractivity contribution in [2.75, 3.05) is 11.5 Å². The van der Waals surface area contributed by atoms with Crippen LogP contribution < -0.4 is 0 Å². The van der Waals surface area contributed by atoms with Crippen LogP contribution in [0.4, 0.5) is 0 Å². The standard InChI is InChI=1S/C11H18O4S3/c1-3-5-6-11(8-18(13,14)15)16-7-10(17-11)9(12)4-2/h4,10H,2-3,5-8H2,1H3,(H,13,14,15). The van der Waals surface area contributed by atoms with Crippen molar-refractivity contribution in [2.24, 2.45) is 0 Å². The molecule has 1 rings (SSSR count). The Labute approximate surface area is 117 Å². The number of hydrogen-bond donors (Lipinski definition) is 1. The summed E-state index contributed by atoms with van der Waals surface area (Å²) >= 11 is 2.82. The van der Waals surface area contributed by atoms with Crippen LogP contribution in [0.5, 0.6) is 0 Å². The highest BCUT2D eigenvalue weighted by Gasteiger charge is 2.44. The van der Waals surface area contributed by atoms with Crippen molar-refractivity contribution >= 4 is 39.4 Å². The van der Waals surface area contributed by atoms with E-state index in [1.807, 2.05) is 6.92 Å². The van der Waals surface area contributed by atoms with Crippen LogP contribution in [0.15, 0.2) is 12.7 Å². The van der Waals surface area contributed by atoms with Crippen LogP contribution in [0.25, 0.3) is 0 Å². The molecule has 104 valence electrons. The lowest BCUT2D eigenvalue weighted by Gasteiger charge is -2.25. The molecule has 2 unspecified atom stereocenters. The maximum Gasteiger partial charge on any atom is 0.267 e. The lowest BCUT2D eigenvalue weighted by molar-refractivity contribution is -0.113. The number of unbranched alkanes of at least 4 members (excludes halogenated alkanes) is 1. The molecule has 2 atom stereocenters. The molecule has 0 aromatic rings. The first kappa shape index (κ1) is 16.1. The van der Waals surface area contributed by atoms with Gasteiger partial charge in [-0.25, -0.2) is 0 Å². The van der Waals surface area contributed by atoms with Gasteiger partial charge in [-0.05, 0) is 12.5 Å². The van der Waals surface area contributed by atoms with E-state index in [1.165, 1.54) is 29.6 Å². The molecule has 1 aliphatic rings. The van der Waals surface area contributed by atoms with Crippen LogP contribution in [0.1, 0.15) is 26.2 Å². The molecule has 0 aromatic heterocycles. The Balaban J connectivity index is 2.81. The molecule has 0 amide bonds. The van der Waals surface area contributed by atoms with Crippen LogP contribution in [0.2, 0.25) is 0 Å². The monoisotopic (exact) mass is 310 g/mol. The average molecular weight is 310 g/mol. The van der Waals surface area contributed by atoms with Crippen LogP contribution in [0, 0.1) is 0 Å². The third kappa shape index (κ3) is 4.60. The molecule has 1 heterocycles. The number of thioether (sulfide) groups is 2. The summed E-state index contributed by atoms with van der Waals surface area (Å²) in [5, 5.41) is -0.244. The zero-order valence-electron chi connectivity index (χ0n) is 10.3. The Morgan fingerprint density at radius 1 is 1.61 bits per heavy atom. The van der Waals surface area contributed by atoms with Crippen molar-refractivity contribution in [2.45, 2.75) is 35.5 Å². The van der Waals surface area contributed by atoms with E-state index in [-0.39, 0.29) is 16.8 Å². The fourth-order valence-electron chi connectivity index (χ4n) is 1.83.